The van der Waals surface area contributed by atoms with Gasteiger partial charge in [-0.3, -0.25) is 10.1 Å². The van der Waals surface area contributed by atoms with Crippen molar-refractivity contribution in [3.8, 4) is 40.1 Å². The standard InChI is InChI=1S/C23H19N3O6/c1-29-19-9-4-3-8-18(19)23-24-22(25-32-23)16-10-11-20(21(13-16)30-2)31-14-15-6-5-7-17(12-15)26(27)28/h3-13H,14H2,1-2H3. The molecule has 32 heavy (non-hydrogen) atoms. The van der Waals surface area contributed by atoms with Gasteiger partial charge in [0.05, 0.1) is 24.7 Å². The van der Waals surface area contributed by atoms with Gasteiger partial charge in [0.15, 0.2) is 11.5 Å². The van der Waals surface area contributed by atoms with Crippen LogP contribution in [0.1, 0.15) is 5.56 Å². The zero-order valence-electron chi connectivity index (χ0n) is 17.3. The van der Waals surface area contributed by atoms with Gasteiger partial charge >= 0.3 is 0 Å². The second-order valence-corrected chi connectivity index (χ2v) is 6.70. The average molecular weight is 433 g/mol. The van der Waals surface area contributed by atoms with Crippen LogP contribution in [-0.4, -0.2) is 29.3 Å². The van der Waals surface area contributed by atoms with Crippen molar-refractivity contribution in [2.45, 2.75) is 6.61 Å². The first-order valence-corrected chi connectivity index (χ1v) is 9.60. The van der Waals surface area contributed by atoms with E-state index in [1.54, 1.807) is 37.4 Å². The number of hydrogen-bond donors (Lipinski definition) is 0. The zero-order chi connectivity index (χ0) is 22.5. The molecule has 162 valence electrons. The van der Waals surface area contributed by atoms with Crippen LogP contribution in [0, 0.1) is 10.1 Å². The molecule has 0 bridgehead atoms. The van der Waals surface area contributed by atoms with E-state index in [0.717, 1.165) is 0 Å². The molecule has 0 amide bonds. The van der Waals surface area contributed by atoms with Gasteiger partial charge in [-0.1, -0.05) is 29.4 Å². The molecule has 0 saturated heterocycles. The van der Waals surface area contributed by atoms with E-state index < -0.39 is 4.92 Å². The van der Waals surface area contributed by atoms with E-state index in [0.29, 0.717) is 45.7 Å². The zero-order valence-corrected chi connectivity index (χ0v) is 17.3. The van der Waals surface area contributed by atoms with E-state index in [1.165, 1.54) is 19.2 Å². The lowest BCUT2D eigenvalue weighted by Crippen LogP contribution is -1.99. The highest BCUT2D eigenvalue weighted by Gasteiger charge is 2.16. The van der Waals surface area contributed by atoms with Crippen molar-refractivity contribution in [2.24, 2.45) is 0 Å². The number of rotatable bonds is 8. The van der Waals surface area contributed by atoms with E-state index in [-0.39, 0.29) is 12.3 Å². The van der Waals surface area contributed by atoms with E-state index in [9.17, 15) is 10.1 Å². The third-order valence-corrected chi connectivity index (χ3v) is 4.70. The van der Waals surface area contributed by atoms with Crippen LogP contribution < -0.4 is 14.2 Å². The minimum Gasteiger partial charge on any atom is -0.496 e. The van der Waals surface area contributed by atoms with Crippen LogP contribution in [-0.2, 0) is 6.61 Å². The maximum atomic E-state index is 10.9. The summed E-state index contributed by atoms with van der Waals surface area (Å²) in [4.78, 5) is 15.0. The fourth-order valence-corrected chi connectivity index (χ4v) is 3.12. The van der Waals surface area contributed by atoms with E-state index in [2.05, 4.69) is 10.1 Å². The summed E-state index contributed by atoms with van der Waals surface area (Å²) in [5.74, 6) is 2.30. The number of nitrogens with zero attached hydrogens (tertiary/aromatic N) is 3. The third kappa shape index (κ3) is 4.36. The number of benzene rings is 3. The lowest BCUT2D eigenvalue weighted by atomic mass is 10.1. The number of nitro benzene ring substituents is 1. The maximum Gasteiger partial charge on any atom is 0.269 e. The van der Waals surface area contributed by atoms with Crippen molar-refractivity contribution in [1.82, 2.24) is 10.1 Å². The van der Waals surface area contributed by atoms with Crippen LogP contribution in [0.25, 0.3) is 22.8 Å². The summed E-state index contributed by atoms with van der Waals surface area (Å²) < 4.78 is 22.0. The highest BCUT2D eigenvalue weighted by atomic mass is 16.6. The normalized spacial score (nSPS) is 10.6. The number of non-ortho nitro benzene ring substituents is 1. The Morgan fingerprint density at radius 3 is 2.53 bits per heavy atom. The molecule has 4 aromatic rings. The smallest absolute Gasteiger partial charge is 0.269 e. The summed E-state index contributed by atoms with van der Waals surface area (Å²) in [6.45, 7) is 0.150. The molecule has 0 unspecified atom stereocenters. The largest absolute Gasteiger partial charge is 0.496 e. The van der Waals surface area contributed by atoms with E-state index >= 15 is 0 Å². The Bertz CT molecular complexity index is 1250. The second kappa shape index (κ2) is 9.17. The van der Waals surface area contributed by atoms with Gasteiger partial charge < -0.3 is 18.7 Å². The van der Waals surface area contributed by atoms with Crippen molar-refractivity contribution >= 4 is 5.69 Å². The molecule has 0 aliphatic heterocycles. The fraction of sp³-hybridized carbons (Fsp3) is 0.130. The fourth-order valence-electron chi connectivity index (χ4n) is 3.12. The van der Waals surface area contributed by atoms with Crippen molar-refractivity contribution in [3.63, 3.8) is 0 Å². The van der Waals surface area contributed by atoms with Gasteiger partial charge in [0.1, 0.15) is 12.4 Å². The summed E-state index contributed by atoms with van der Waals surface area (Å²) in [5.41, 5.74) is 2.05. The van der Waals surface area contributed by atoms with Gasteiger partial charge in [0.25, 0.3) is 11.6 Å². The highest BCUT2D eigenvalue weighted by Crippen LogP contribution is 2.34. The molecular weight excluding hydrogens is 414 g/mol. The Kier molecular flexibility index (Phi) is 5.98. The Hall–Kier alpha value is -4.40. The van der Waals surface area contributed by atoms with Crippen molar-refractivity contribution in [2.75, 3.05) is 14.2 Å². The summed E-state index contributed by atoms with van der Waals surface area (Å²) >= 11 is 0. The maximum absolute atomic E-state index is 10.9. The van der Waals surface area contributed by atoms with Gasteiger partial charge in [-0.15, -0.1) is 0 Å². The van der Waals surface area contributed by atoms with Crippen LogP contribution in [0.5, 0.6) is 17.2 Å². The first kappa shape index (κ1) is 20.9. The molecule has 0 aliphatic rings. The molecule has 9 nitrogen and oxygen atoms in total. The number of para-hydroxylation sites is 1. The molecule has 0 radical (unpaired) electrons. The molecule has 4 rings (SSSR count). The number of hydrogen-bond acceptors (Lipinski definition) is 8. The summed E-state index contributed by atoms with van der Waals surface area (Å²) in [5, 5.41) is 15.0. The Labute approximate surface area is 183 Å². The van der Waals surface area contributed by atoms with Crippen LogP contribution in [0.15, 0.2) is 71.3 Å². The monoisotopic (exact) mass is 433 g/mol. The molecule has 0 fully saturated rings. The molecule has 1 heterocycles. The SMILES string of the molecule is COc1cc(-c2noc(-c3ccccc3OC)n2)ccc1OCc1cccc([N+](=O)[O-])c1. The minimum atomic E-state index is -0.441. The van der Waals surface area contributed by atoms with Crippen LogP contribution in [0.4, 0.5) is 5.69 Å². The minimum absolute atomic E-state index is 0.0105. The average Bonchev–Trinajstić information content (AvgIpc) is 3.33. The van der Waals surface area contributed by atoms with Gasteiger partial charge in [-0.05, 0) is 35.9 Å². The lowest BCUT2D eigenvalue weighted by Gasteiger charge is -2.11. The van der Waals surface area contributed by atoms with Gasteiger partial charge in [-0.2, -0.15) is 4.98 Å². The highest BCUT2D eigenvalue weighted by molar-refractivity contribution is 5.66. The third-order valence-electron chi connectivity index (χ3n) is 4.70. The predicted molar refractivity (Wildman–Crippen MR) is 116 cm³/mol. The summed E-state index contributed by atoms with van der Waals surface area (Å²) in [6.07, 6.45) is 0. The van der Waals surface area contributed by atoms with E-state index in [1.807, 2.05) is 24.3 Å². The van der Waals surface area contributed by atoms with Gasteiger partial charge in [-0.25, -0.2) is 0 Å². The first-order valence-electron chi connectivity index (χ1n) is 9.60. The predicted octanol–water partition coefficient (Wildman–Crippen LogP) is 4.91. The van der Waals surface area contributed by atoms with Crippen LogP contribution >= 0.6 is 0 Å². The summed E-state index contributed by atoms with van der Waals surface area (Å²) in [7, 11) is 3.10. The molecular formula is C23H19N3O6. The van der Waals surface area contributed by atoms with Gasteiger partial charge in [0.2, 0.25) is 5.82 Å². The number of aromatic nitrogens is 2. The number of ether oxygens (including phenoxy) is 3. The summed E-state index contributed by atoms with van der Waals surface area (Å²) in [6, 6.07) is 18.9. The molecule has 0 spiro atoms. The molecule has 0 saturated carbocycles. The molecule has 0 N–H and O–H groups in total. The molecule has 1 aromatic heterocycles. The molecule has 9 heteroatoms. The van der Waals surface area contributed by atoms with Crippen LogP contribution in [0.2, 0.25) is 0 Å². The number of nitro groups is 1. The molecule has 3 aromatic carbocycles. The van der Waals surface area contributed by atoms with E-state index in [4.69, 9.17) is 18.7 Å². The topological polar surface area (TPSA) is 110 Å². The molecule has 0 atom stereocenters. The first-order chi connectivity index (χ1) is 15.6. The van der Waals surface area contributed by atoms with Crippen molar-refractivity contribution < 1.29 is 23.7 Å². The second-order valence-electron chi connectivity index (χ2n) is 6.70. The molecule has 0 aliphatic carbocycles. The van der Waals surface area contributed by atoms with Crippen molar-refractivity contribution in [1.29, 1.82) is 0 Å². The van der Waals surface area contributed by atoms with Crippen LogP contribution in [0.3, 0.4) is 0 Å². The Morgan fingerprint density at radius 1 is 0.938 bits per heavy atom. The Balaban J connectivity index is 1.55. The van der Waals surface area contributed by atoms with Crippen molar-refractivity contribution in [3.05, 3.63) is 82.4 Å². The lowest BCUT2D eigenvalue weighted by molar-refractivity contribution is -0.384. The number of methoxy groups -OCH3 is 2. The Morgan fingerprint density at radius 2 is 1.75 bits per heavy atom. The van der Waals surface area contributed by atoms with Gasteiger partial charge in [0, 0.05) is 17.7 Å². The quantitative estimate of drug-likeness (QED) is 0.285.